The molecular formula is C14H22BrNOS. The summed E-state index contributed by atoms with van der Waals surface area (Å²) in [4.78, 5) is 1.37. The van der Waals surface area contributed by atoms with E-state index in [2.05, 4.69) is 39.6 Å². The highest BCUT2D eigenvalue weighted by Gasteiger charge is 2.13. The SMILES string of the molecule is CC(NCCOC1CCCCC1)c1cc(Br)cs1. The molecule has 1 saturated carbocycles. The number of nitrogens with one attached hydrogen (secondary N) is 1. The monoisotopic (exact) mass is 331 g/mol. The molecule has 0 saturated heterocycles. The van der Waals surface area contributed by atoms with Crippen molar-refractivity contribution in [2.24, 2.45) is 0 Å². The second kappa shape index (κ2) is 7.63. The summed E-state index contributed by atoms with van der Waals surface area (Å²) >= 11 is 5.29. The van der Waals surface area contributed by atoms with E-state index in [4.69, 9.17) is 4.74 Å². The van der Waals surface area contributed by atoms with Crippen LogP contribution in [0.15, 0.2) is 15.9 Å². The summed E-state index contributed by atoms with van der Waals surface area (Å²) in [5.74, 6) is 0. The topological polar surface area (TPSA) is 21.3 Å². The summed E-state index contributed by atoms with van der Waals surface area (Å²) in [5, 5.41) is 5.65. The minimum absolute atomic E-state index is 0.413. The van der Waals surface area contributed by atoms with Gasteiger partial charge in [0.15, 0.2) is 0 Å². The van der Waals surface area contributed by atoms with Gasteiger partial charge < -0.3 is 10.1 Å². The van der Waals surface area contributed by atoms with Crippen molar-refractivity contribution in [2.75, 3.05) is 13.2 Å². The lowest BCUT2D eigenvalue weighted by atomic mass is 9.98. The fourth-order valence-electron chi connectivity index (χ4n) is 2.39. The molecule has 0 aliphatic heterocycles. The third-order valence-electron chi connectivity index (χ3n) is 3.47. The minimum atomic E-state index is 0.413. The van der Waals surface area contributed by atoms with Gasteiger partial charge in [-0.2, -0.15) is 0 Å². The summed E-state index contributed by atoms with van der Waals surface area (Å²) in [5.41, 5.74) is 0. The lowest BCUT2D eigenvalue weighted by molar-refractivity contribution is 0.0296. The first-order valence-electron chi connectivity index (χ1n) is 6.84. The van der Waals surface area contributed by atoms with Gasteiger partial charge in [0.25, 0.3) is 0 Å². The molecule has 1 aromatic heterocycles. The van der Waals surface area contributed by atoms with Crippen LogP contribution in [-0.4, -0.2) is 19.3 Å². The van der Waals surface area contributed by atoms with Crippen LogP contribution in [-0.2, 0) is 4.74 Å². The number of halogens is 1. The van der Waals surface area contributed by atoms with Crippen LogP contribution in [0.25, 0.3) is 0 Å². The molecule has 102 valence electrons. The fraction of sp³-hybridized carbons (Fsp3) is 0.714. The van der Waals surface area contributed by atoms with Crippen molar-refractivity contribution < 1.29 is 4.74 Å². The molecule has 1 aliphatic carbocycles. The van der Waals surface area contributed by atoms with Gasteiger partial charge in [-0.1, -0.05) is 19.3 Å². The molecule has 2 rings (SSSR count). The molecule has 0 spiro atoms. The molecule has 0 radical (unpaired) electrons. The zero-order chi connectivity index (χ0) is 12.8. The molecule has 1 N–H and O–H groups in total. The largest absolute Gasteiger partial charge is 0.377 e. The fourth-order valence-corrected chi connectivity index (χ4v) is 3.87. The van der Waals surface area contributed by atoms with Crippen LogP contribution < -0.4 is 5.32 Å². The standard InChI is InChI=1S/C14H22BrNOS/c1-11(14-9-12(15)10-18-14)16-7-8-17-13-5-3-2-4-6-13/h9-11,13,16H,2-8H2,1H3. The van der Waals surface area contributed by atoms with E-state index in [-0.39, 0.29) is 0 Å². The quantitative estimate of drug-likeness (QED) is 0.774. The Morgan fingerprint density at radius 3 is 2.89 bits per heavy atom. The van der Waals surface area contributed by atoms with Gasteiger partial charge in [0, 0.05) is 27.3 Å². The predicted octanol–water partition coefficient (Wildman–Crippen LogP) is 4.51. The van der Waals surface area contributed by atoms with Gasteiger partial charge in [-0.3, -0.25) is 0 Å². The van der Waals surface area contributed by atoms with Gasteiger partial charge in [-0.05, 0) is 41.8 Å². The number of hydrogen-bond acceptors (Lipinski definition) is 3. The first-order chi connectivity index (χ1) is 8.75. The molecule has 1 unspecified atom stereocenters. The Labute approximate surface area is 122 Å². The highest BCUT2D eigenvalue weighted by molar-refractivity contribution is 9.10. The Morgan fingerprint density at radius 1 is 1.44 bits per heavy atom. The molecule has 1 heterocycles. The Morgan fingerprint density at radius 2 is 2.22 bits per heavy atom. The van der Waals surface area contributed by atoms with Crippen molar-refractivity contribution in [2.45, 2.75) is 51.2 Å². The Balaban J connectivity index is 1.60. The van der Waals surface area contributed by atoms with Gasteiger partial charge in [0.1, 0.15) is 0 Å². The van der Waals surface area contributed by atoms with Crippen molar-refractivity contribution in [3.8, 4) is 0 Å². The molecule has 1 atom stereocenters. The number of hydrogen-bond donors (Lipinski definition) is 1. The highest BCUT2D eigenvalue weighted by Crippen LogP contribution is 2.25. The van der Waals surface area contributed by atoms with E-state index in [1.54, 1.807) is 11.3 Å². The first kappa shape index (κ1) is 14.5. The molecule has 18 heavy (non-hydrogen) atoms. The van der Waals surface area contributed by atoms with Gasteiger partial charge in [-0.15, -0.1) is 11.3 Å². The third-order valence-corrected chi connectivity index (χ3v) is 5.35. The Kier molecular flexibility index (Phi) is 6.15. The van der Waals surface area contributed by atoms with E-state index in [9.17, 15) is 0 Å². The number of ether oxygens (including phenoxy) is 1. The van der Waals surface area contributed by atoms with E-state index in [1.807, 2.05) is 0 Å². The normalized spacial score (nSPS) is 19.0. The van der Waals surface area contributed by atoms with E-state index >= 15 is 0 Å². The summed E-state index contributed by atoms with van der Waals surface area (Å²) in [6.07, 6.45) is 7.12. The highest BCUT2D eigenvalue weighted by atomic mass is 79.9. The molecule has 0 bridgehead atoms. The molecule has 0 aromatic carbocycles. The molecule has 1 aliphatic rings. The minimum Gasteiger partial charge on any atom is -0.377 e. The summed E-state index contributed by atoms with van der Waals surface area (Å²) < 4.78 is 7.08. The Bertz CT molecular complexity index is 349. The molecule has 1 aromatic rings. The molecule has 4 heteroatoms. The van der Waals surface area contributed by atoms with E-state index in [1.165, 1.54) is 41.5 Å². The van der Waals surface area contributed by atoms with Gasteiger partial charge in [-0.25, -0.2) is 0 Å². The number of rotatable bonds is 6. The summed E-state index contributed by atoms with van der Waals surface area (Å²) in [6.45, 7) is 3.98. The van der Waals surface area contributed by atoms with E-state index < -0.39 is 0 Å². The van der Waals surface area contributed by atoms with Crippen LogP contribution in [0.3, 0.4) is 0 Å². The van der Waals surface area contributed by atoms with Crippen molar-refractivity contribution >= 4 is 27.3 Å². The lowest BCUT2D eigenvalue weighted by Gasteiger charge is -2.22. The van der Waals surface area contributed by atoms with Gasteiger partial charge >= 0.3 is 0 Å². The Hall–Kier alpha value is 0.1000. The van der Waals surface area contributed by atoms with E-state index in [0.29, 0.717) is 12.1 Å². The van der Waals surface area contributed by atoms with Crippen LogP contribution in [0.2, 0.25) is 0 Å². The molecule has 2 nitrogen and oxygen atoms in total. The van der Waals surface area contributed by atoms with Crippen LogP contribution in [0.1, 0.15) is 49.9 Å². The second-order valence-electron chi connectivity index (χ2n) is 4.97. The van der Waals surface area contributed by atoms with Crippen molar-refractivity contribution in [1.29, 1.82) is 0 Å². The van der Waals surface area contributed by atoms with Crippen LogP contribution in [0, 0.1) is 0 Å². The zero-order valence-corrected chi connectivity index (χ0v) is 13.4. The lowest BCUT2D eigenvalue weighted by Crippen LogP contribution is -2.26. The van der Waals surface area contributed by atoms with Crippen molar-refractivity contribution in [3.05, 3.63) is 20.8 Å². The van der Waals surface area contributed by atoms with Crippen molar-refractivity contribution in [3.63, 3.8) is 0 Å². The maximum absolute atomic E-state index is 5.91. The molecule has 0 amide bonds. The average Bonchev–Trinajstić information content (AvgIpc) is 2.82. The third kappa shape index (κ3) is 4.65. The van der Waals surface area contributed by atoms with E-state index in [0.717, 1.165) is 13.2 Å². The molecular weight excluding hydrogens is 310 g/mol. The zero-order valence-electron chi connectivity index (χ0n) is 11.0. The smallest absolute Gasteiger partial charge is 0.0594 e. The van der Waals surface area contributed by atoms with Crippen LogP contribution in [0.5, 0.6) is 0 Å². The second-order valence-corrected chi connectivity index (χ2v) is 6.83. The maximum atomic E-state index is 5.91. The summed E-state index contributed by atoms with van der Waals surface area (Å²) in [6, 6.07) is 2.60. The maximum Gasteiger partial charge on any atom is 0.0594 e. The van der Waals surface area contributed by atoms with Gasteiger partial charge in [0.2, 0.25) is 0 Å². The average molecular weight is 332 g/mol. The van der Waals surface area contributed by atoms with Crippen LogP contribution >= 0.6 is 27.3 Å². The van der Waals surface area contributed by atoms with Gasteiger partial charge in [0.05, 0.1) is 12.7 Å². The molecule has 1 fully saturated rings. The summed E-state index contributed by atoms with van der Waals surface area (Å²) in [7, 11) is 0. The first-order valence-corrected chi connectivity index (χ1v) is 8.52. The van der Waals surface area contributed by atoms with Crippen LogP contribution in [0.4, 0.5) is 0 Å². The van der Waals surface area contributed by atoms with Crippen molar-refractivity contribution in [1.82, 2.24) is 5.32 Å². The number of thiophene rings is 1. The predicted molar refractivity (Wildman–Crippen MR) is 81.3 cm³/mol.